The molecule has 0 bridgehead atoms. The van der Waals surface area contributed by atoms with Crippen LogP contribution in [0.4, 0.5) is 0 Å². The normalized spacial score (nSPS) is 23.9. The second-order valence-electron chi connectivity index (χ2n) is 5.99. The summed E-state index contributed by atoms with van der Waals surface area (Å²) in [7, 11) is 1.93. The zero-order valence-electron chi connectivity index (χ0n) is 11.3. The standard InChI is InChI=1S/C13H26N2O/c1-10(13(2,3)4)15(5)12(16)11-8-6-7-9-14-11/h10-11,14H,6-9H2,1-5H3/t10?,11-/m0/s1. The number of likely N-dealkylation sites (N-methyl/N-ethyl adjacent to an activating group) is 1. The van der Waals surface area contributed by atoms with Gasteiger partial charge in [0.05, 0.1) is 6.04 Å². The highest BCUT2D eigenvalue weighted by molar-refractivity contribution is 5.82. The quantitative estimate of drug-likeness (QED) is 0.781. The Morgan fingerprint density at radius 1 is 1.38 bits per heavy atom. The number of amides is 1. The Labute approximate surface area is 99.6 Å². The van der Waals surface area contributed by atoms with Crippen LogP contribution >= 0.6 is 0 Å². The Kier molecular flexibility index (Phi) is 4.36. The molecule has 0 spiro atoms. The second kappa shape index (κ2) is 5.17. The highest BCUT2D eigenvalue weighted by Gasteiger charge is 2.31. The third kappa shape index (κ3) is 3.21. The zero-order chi connectivity index (χ0) is 12.3. The van der Waals surface area contributed by atoms with E-state index in [1.54, 1.807) is 0 Å². The first kappa shape index (κ1) is 13.5. The van der Waals surface area contributed by atoms with Gasteiger partial charge in [0, 0.05) is 13.1 Å². The molecule has 3 heteroatoms. The summed E-state index contributed by atoms with van der Waals surface area (Å²) < 4.78 is 0. The molecule has 1 aliphatic heterocycles. The fourth-order valence-corrected chi connectivity index (χ4v) is 2.08. The van der Waals surface area contributed by atoms with E-state index in [0.29, 0.717) is 0 Å². The van der Waals surface area contributed by atoms with Crippen LogP contribution in [0.2, 0.25) is 0 Å². The Hall–Kier alpha value is -0.570. The van der Waals surface area contributed by atoms with Gasteiger partial charge in [0.25, 0.3) is 0 Å². The average molecular weight is 226 g/mol. The molecule has 1 fully saturated rings. The maximum Gasteiger partial charge on any atom is 0.239 e. The van der Waals surface area contributed by atoms with Gasteiger partial charge in [0.15, 0.2) is 0 Å². The molecule has 1 unspecified atom stereocenters. The lowest BCUT2D eigenvalue weighted by Crippen LogP contribution is -2.52. The Morgan fingerprint density at radius 2 is 2.00 bits per heavy atom. The van der Waals surface area contributed by atoms with Gasteiger partial charge in [-0.3, -0.25) is 4.79 Å². The molecule has 1 aliphatic rings. The van der Waals surface area contributed by atoms with Crippen molar-refractivity contribution in [2.75, 3.05) is 13.6 Å². The van der Waals surface area contributed by atoms with Crippen LogP contribution in [0.15, 0.2) is 0 Å². The van der Waals surface area contributed by atoms with Crippen LogP contribution in [0.1, 0.15) is 47.0 Å². The number of piperidine rings is 1. The summed E-state index contributed by atoms with van der Waals surface area (Å²) in [5, 5.41) is 3.31. The molecular weight excluding hydrogens is 200 g/mol. The van der Waals surface area contributed by atoms with Crippen molar-refractivity contribution in [1.29, 1.82) is 0 Å². The molecule has 1 amide bonds. The van der Waals surface area contributed by atoms with E-state index in [2.05, 4.69) is 33.0 Å². The third-order valence-corrected chi connectivity index (χ3v) is 3.79. The predicted octanol–water partition coefficient (Wildman–Crippen LogP) is 2.02. The zero-order valence-corrected chi connectivity index (χ0v) is 11.3. The molecule has 0 aromatic heterocycles. The molecule has 0 aliphatic carbocycles. The highest BCUT2D eigenvalue weighted by Crippen LogP contribution is 2.24. The lowest BCUT2D eigenvalue weighted by molar-refractivity contribution is -0.136. The van der Waals surface area contributed by atoms with Gasteiger partial charge in [-0.2, -0.15) is 0 Å². The summed E-state index contributed by atoms with van der Waals surface area (Å²) in [6.07, 6.45) is 3.35. The molecule has 1 heterocycles. The van der Waals surface area contributed by atoms with Crippen LogP contribution in [0, 0.1) is 5.41 Å². The second-order valence-corrected chi connectivity index (χ2v) is 5.99. The van der Waals surface area contributed by atoms with Crippen molar-refractivity contribution in [3.05, 3.63) is 0 Å². The number of carbonyl (C=O) groups excluding carboxylic acids is 1. The first-order chi connectivity index (χ1) is 7.34. The van der Waals surface area contributed by atoms with Crippen molar-refractivity contribution in [3.63, 3.8) is 0 Å². The Bertz CT molecular complexity index is 239. The monoisotopic (exact) mass is 226 g/mol. The van der Waals surface area contributed by atoms with E-state index in [1.165, 1.54) is 12.8 Å². The molecular formula is C13H26N2O. The minimum Gasteiger partial charge on any atom is -0.341 e. The molecule has 3 nitrogen and oxygen atoms in total. The van der Waals surface area contributed by atoms with Crippen molar-refractivity contribution in [2.24, 2.45) is 5.41 Å². The third-order valence-electron chi connectivity index (χ3n) is 3.79. The molecule has 1 N–H and O–H groups in total. The minimum atomic E-state index is 0.0450. The smallest absolute Gasteiger partial charge is 0.239 e. The van der Waals surface area contributed by atoms with Crippen LogP contribution in [0.25, 0.3) is 0 Å². The molecule has 0 saturated carbocycles. The molecule has 94 valence electrons. The number of rotatable bonds is 2. The van der Waals surface area contributed by atoms with E-state index in [9.17, 15) is 4.79 Å². The highest BCUT2D eigenvalue weighted by atomic mass is 16.2. The summed E-state index contributed by atoms with van der Waals surface area (Å²) in [5.74, 6) is 0.252. The molecule has 16 heavy (non-hydrogen) atoms. The Morgan fingerprint density at radius 3 is 2.44 bits per heavy atom. The molecule has 2 atom stereocenters. The molecule has 0 aromatic rings. The number of carbonyl (C=O) groups is 1. The fraction of sp³-hybridized carbons (Fsp3) is 0.923. The van der Waals surface area contributed by atoms with E-state index in [4.69, 9.17) is 0 Å². The van der Waals surface area contributed by atoms with E-state index < -0.39 is 0 Å². The maximum absolute atomic E-state index is 12.2. The topological polar surface area (TPSA) is 32.3 Å². The average Bonchev–Trinajstić information content (AvgIpc) is 2.26. The minimum absolute atomic E-state index is 0.0450. The van der Waals surface area contributed by atoms with Crippen LogP contribution in [-0.2, 0) is 4.79 Å². The first-order valence-electron chi connectivity index (χ1n) is 6.34. The lowest BCUT2D eigenvalue weighted by atomic mass is 9.86. The van der Waals surface area contributed by atoms with Gasteiger partial charge in [-0.15, -0.1) is 0 Å². The van der Waals surface area contributed by atoms with Crippen LogP contribution in [-0.4, -0.2) is 36.5 Å². The van der Waals surface area contributed by atoms with E-state index in [0.717, 1.165) is 13.0 Å². The number of nitrogens with one attached hydrogen (secondary N) is 1. The summed E-state index contributed by atoms with van der Waals surface area (Å²) >= 11 is 0. The molecule has 1 saturated heterocycles. The molecule has 0 aromatic carbocycles. The first-order valence-corrected chi connectivity index (χ1v) is 6.34. The van der Waals surface area contributed by atoms with Gasteiger partial charge in [-0.25, -0.2) is 0 Å². The van der Waals surface area contributed by atoms with Crippen molar-refractivity contribution in [3.8, 4) is 0 Å². The van der Waals surface area contributed by atoms with Crippen molar-refractivity contribution in [2.45, 2.75) is 59.0 Å². The SMILES string of the molecule is CC(N(C)C(=O)[C@@H]1CCCCN1)C(C)(C)C. The van der Waals surface area contributed by atoms with Gasteiger partial charge in [0.1, 0.15) is 0 Å². The summed E-state index contributed by atoms with van der Waals surface area (Å²) in [4.78, 5) is 14.2. The summed E-state index contributed by atoms with van der Waals surface area (Å²) in [6.45, 7) is 9.64. The predicted molar refractivity (Wildman–Crippen MR) is 67.3 cm³/mol. The summed E-state index contributed by atoms with van der Waals surface area (Å²) in [6, 6.07) is 0.312. The van der Waals surface area contributed by atoms with Crippen LogP contribution < -0.4 is 5.32 Å². The van der Waals surface area contributed by atoms with E-state index in [-0.39, 0.29) is 23.4 Å². The van der Waals surface area contributed by atoms with Crippen LogP contribution in [0.5, 0.6) is 0 Å². The van der Waals surface area contributed by atoms with Crippen molar-refractivity contribution in [1.82, 2.24) is 10.2 Å². The fourth-order valence-electron chi connectivity index (χ4n) is 2.08. The van der Waals surface area contributed by atoms with Crippen molar-refractivity contribution >= 4 is 5.91 Å². The Balaban J connectivity index is 2.58. The van der Waals surface area contributed by atoms with Crippen molar-refractivity contribution < 1.29 is 4.79 Å². The summed E-state index contributed by atoms with van der Waals surface area (Å²) in [5.41, 5.74) is 0.138. The van der Waals surface area contributed by atoms with E-state index in [1.807, 2.05) is 11.9 Å². The lowest BCUT2D eigenvalue weighted by Gasteiger charge is -2.38. The van der Waals surface area contributed by atoms with Gasteiger partial charge in [-0.1, -0.05) is 27.2 Å². The van der Waals surface area contributed by atoms with Crippen LogP contribution in [0.3, 0.4) is 0 Å². The van der Waals surface area contributed by atoms with Gasteiger partial charge >= 0.3 is 0 Å². The molecule has 0 radical (unpaired) electrons. The van der Waals surface area contributed by atoms with Gasteiger partial charge < -0.3 is 10.2 Å². The number of hydrogen-bond donors (Lipinski definition) is 1. The van der Waals surface area contributed by atoms with Gasteiger partial charge in [-0.05, 0) is 31.7 Å². The largest absolute Gasteiger partial charge is 0.341 e. The number of nitrogens with zero attached hydrogens (tertiary/aromatic N) is 1. The van der Waals surface area contributed by atoms with Gasteiger partial charge in [0.2, 0.25) is 5.91 Å². The maximum atomic E-state index is 12.2. The number of hydrogen-bond acceptors (Lipinski definition) is 2. The molecule has 1 rings (SSSR count). The van der Waals surface area contributed by atoms with E-state index >= 15 is 0 Å².